The van der Waals surface area contributed by atoms with Crippen molar-refractivity contribution < 1.29 is 9.53 Å². The van der Waals surface area contributed by atoms with Crippen LogP contribution in [0.3, 0.4) is 0 Å². The summed E-state index contributed by atoms with van der Waals surface area (Å²) in [6.45, 7) is 2.09. The van der Waals surface area contributed by atoms with Crippen molar-refractivity contribution in [2.75, 3.05) is 12.4 Å². The summed E-state index contributed by atoms with van der Waals surface area (Å²) in [5.74, 6) is 1.58. The molecule has 0 saturated heterocycles. The normalized spacial score (nSPS) is 10.8. The molecule has 0 aliphatic rings. The van der Waals surface area contributed by atoms with Crippen molar-refractivity contribution in [2.24, 2.45) is 7.05 Å². The number of fused-ring (bicyclic) bond motifs is 1. The third kappa shape index (κ3) is 4.54. The number of benzene rings is 2. The number of amides is 1. The molecule has 0 fully saturated rings. The number of hydrogen-bond donors (Lipinski definition) is 2. The number of aryl methyl sites for hydroxylation is 2. The van der Waals surface area contributed by atoms with E-state index in [1.807, 2.05) is 48.1 Å². The molecule has 2 N–H and O–H groups in total. The summed E-state index contributed by atoms with van der Waals surface area (Å²) in [5, 5.41) is 5.99. The van der Waals surface area contributed by atoms with E-state index >= 15 is 0 Å². The van der Waals surface area contributed by atoms with Crippen molar-refractivity contribution in [1.82, 2.24) is 24.8 Å². The summed E-state index contributed by atoms with van der Waals surface area (Å²) < 4.78 is 7.97. The second-order valence-corrected chi connectivity index (χ2v) is 8.10. The molecule has 5 rings (SSSR count). The highest BCUT2D eigenvalue weighted by atomic mass is 16.5. The number of hydrogen-bond acceptors (Lipinski definition) is 6. The first-order valence-electron chi connectivity index (χ1n) is 11.1. The molecule has 2 aromatic carbocycles. The zero-order valence-corrected chi connectivity index (χ0v) is 19.6. The molecule has 0 bridgehead atoms. The number of rotatable bonds is 6. The minimum atomic E-state index is -0.269. The van der Waals surface area contributed by atoms with Gasteiger partial charge in [-0.2, -0.15) is 0 Å². The van der Waals surface area contributed by atoms with E-state index in [-0.39, 0.29) is 5.91 Å². The molecule has 8 nitrogen and oxygen atoms in total. The average Bonchev–Trinajstić information content (AvgIpc) is 3.19. The molecule has 8 heteroatoms. The number of carbonyl (C=O) groups excluding carboxylic acids is 1. The molecule has 1 amide bonds. The Balaban J connectivity index is 1.41. The Bertz CT molecular complexity index is 1530. The van der Waals surface area contributed by atoms with Crippen LogP contribution in [-0.2, 0) is 7.05 Å². The highest BCUT2D eigenvalue weighted by Gasteiger charge is 2.12. The molecular formula is C27H24N6O2. The standard InChI is InChI=1S/C27H24N6O2/c1-17-6-7-19(13-22(17)18-5-4-11-29-16-18)31-27-32-23-14-20(8-9-25(23)33(27)3)35-21-10-12-30-24(15-21)26(34)28-2/h4-16H,1-3H3,(H,28,34)(H,31,32). The molecule has 0 radical (unpaired) electrons. The lowest BCUT2D eigenvalue weighted by molar-refractivity contribution is 0.0958. The summed E-state index contributed by atoms with van der Waals surface area (Å²) in [5.41, 5.74) is 6.32. The van der Waals surface area contributed by atoms with Gasteiger partial charge >= 0.3 is 0 Å². The molecular weight excluding hydrogens is 440 g/mol. The van der Waals surface area contributed by atoms with E-state index in [0.717, 1.165) is 27.8 Å². The number of carbonyl (C=O) groups is 1. The molecule has 0 aliphatic heterocycles. The van der Waals surface area contributed by atoms with E-state index in [9.17, 15) is 4.79 Å². The minimum absolute atomic E-state index is 0.269. The predicted octanol–water partition coefficient (Wildman–Crippen LogP) is 5.23. The third-order valence-electron chi connectivity index (χ3n) is 5.75. The Morgan fingerprint density at radius 2 is 1.86 bits per heavy atom. The molecule has 0 atom stereocenters. The van der Waals surface area contributed by atoms with Crippen molar-refractivity contribution in [3.63, 3.8) is 0 Å². The molecule has 0 saturated carbocycles. The highest BCUT2D eigenvalue weighted by molar-refractivity contribution is 5.92. The van der Waals surface area contributed by atoms with E-state index in [1.165, 1.54) is 5.56 Å². The largest absolute Gasteiger partial charge is 0.457 e. The zero-order chi connectivity index (χ0) is 24.4. The monoisotopic (exact) mass is 464 g/mol. The Labute approximate surface area is 202 Å². The van der Waals surface area contributed by atoms with Gasteiger partial charge in [-0.05, 0) is 54.4 Å². The number of ether oxygens (including phenoxy) is 1. The Morgan fingerprint density at radius 3 is 2.66 bits per heavy atom. The lowest BCUT2D eigenvalue weighted by Gasteiger charge is -2.11. The maximum absolute atomic E-state index is 11.9. The molecule has 3 aromatic heterocycles. The van der Waals surface area contributed by atoms with Crippen LogP contribution in [0.25, 0.3) is 22.2 Å². The molecule has 174 valence electrons. The predicted molar refractivity (Wildman–Crippen MR) is 136 cm³/mol. The summed E-state index contributed by atoms with van der Waals surface area (Å²) in [6.07, 6.45) is 5.18. The van der Waals surface area contributed by atoms with Gasteiger partial charge in [-0.3, -0.25) is 14.8 Å². The first kappa shape index (κ1) is 22.1. The van der Waals surface area contributed by atoms with Gasteiger partial charge in [0.1, 0.15) is 17.2 Å². The topological polar surface area (TPSA) is 94.0 Å². The fraction of sp³-hybridized carbons (Fsp3) is 0.111. The van der Waals surface area contributed by atoms with Crippen molar-refractivity contribution >= 4 is 28.6 Å². The van der Waals surface area contributed by atoms with Crippen LogP contribution < -0.4 is 15.4 Å². The Morgan fingerprint density at radius 1 is 1.00 bits per heavy atom. The lowest BCUT2D eigenvalue weighted by Crippen LogP contribution is -2.18. The summed E-state index contributed by atoms with van der Waals surface area (Å²) in [6, 6.07) is 19.2. The number of nitrogens with one attached hydrogen (secondary N) is 2. The zero-order valence-electron chi connectivity index (χ0n) is 19.6. The van der Waals surface area contributed by atoms with Gasteiger partial charge in [0.2, 0.25) is 5.95 Å². The fourth-order valence-electron chi connectivity index (χ4n) is 3.88. The maximum Gasteiger partial charge on any atom is 0.269 e. The first-order valence-corrected chi connectivity index (χ1v) is 11.1. The van der Waals surface area contributed by atoms with Crippen molar-refractivity contribution in [2.45, 2.75) is 6.92 Å². The van der Waals surface area contributed by atoms with Crippen molar-refractivity contribution in [3.05, 3.63) is 90.5 Å². The second kappa shape index (κ2) is 9.26. The molecule has 35 heavy (non-hydrogen) atoms. The molecule has 0 unspecified atom stereocenters. The van der Waals surface area contributed by atoms with Crippen LogP contribution in [-0.4, -0.2) is 32.5 Å². The minimum Gasteiger partial charge on any atom is -0.457 e. The molecule has 0 aliphatic carbocycles. The molecule has 3 heterocycles. The van der Waals surface area contributed by atoms with E-state index in [0.29, 0.717) is 23.1 Å². The quantitative estimate of drug-likeness (QED) is 0.357. The Kier molecular flexibility index (Phi) is 5.85. The van der Waals surface area contributed by atoms with Gasteiger partial charge < -0.3 is 19.9 Å². The van der Waals surface area contributed by atoms with Crippen molar-refractivity contribution in [3.8, 4) is 22.6 Å². The fourth-order valence-corrected chi connectivity index (χ4v) is 3.88. The number of aromatic nitrogens is 4. The van der Waals surface area contributed by atoms with Crippen LogP contribution in [0.1, 0.15) is 16.1 Å². The average molecular weight is 465 g/mol. The van der Waals surface area contributed by atoms with E-state index in [2.05, 4.69) is 45.7 Å². The van der Waals surface area contributed by atoms with Gasteiger partial charge in [-0.25, -0.2) is 4.98 Å². The van der Waals surface area contributed by atoms with E-state index < -0.39 is 0 Å². The van der Waals surface area contributed by atoms with Crippen LogP contribution in [0.15, 0.2) is 79.3 Å². The number of anilines is 2. The van der Waals surface area contributed by atoms with Crippen molar-refractivity contribution in [1.29, 1.82) is 0 Å². The second-order valence-electron chi connectivity index (χ2n) is 8.10. The van der Waals surface area contributed by atoms with Gasteiger partial charge in [0, 0.05) is 56.1 Å². The van der Waals surface area contributed by atoms with E-state index in [4.69, 9.17) is 9.72 Å². The first-order chi connectivity index (χ1) is 17.0. The summed E-state index contributed by atoms with van der Waals surface area (Å²) in [7, 11) is 3.53. The van der Waals surface area contributed by atoms with Gasteiger partial charge in [0.15, 0.2) is 0 Å². The lowest BCUT2D eigenvalue weighted by atomic mass is 10.0. The number of nitrogens with zero attached hydrogens (tertiary/aromatic N) is 4. The maximum atomic E-state index is 11.9. The van der Waals surface area contributed by atoms with Crippen LogP contribution in [0, 0.1) is 6.92 Å². The summed E-state index contributed by atoms with van der Waals surface area (Å²) in [4.78, 5) is 24.9. The van der Waals surface area contributed by atoms with Crippen LogP contribution >= 0.6 is 0 Å². The SMILES string of the molecule is CNC(=O)c1cc(Oc2ccc3c(c2)nc(Nc2ccc(C)c(-c4cccnc4)c2)n3C)ccn1. The van der Waals surface area contributed by atoms with Gasteiger partial charge in [0.25, 0.3) is 5.91 Å². The smallest absolute Gasteiger partial charge is 0.269 e. The molecule has 5 aromatic rings. The molecule has 0 spiro atoms. The van der Waals surface area contributed by atoms with Gasteiger partial charge in [0.05, 0.1) is 11.0 Å². The number of imidazole rings is 1. The van der Waals surface area contributed by atoms with Crippen LogP contribution in [0.2, 0.25) is 0 Å². The highest BCUT2D eigenvalue weighted by Crippen LogP contribution is 2.30. The number of pyridine rings is 2. The third-order valence-corrected chi connectivity index (χ3v) is 5.75. The summed E-state index contributed by atoms with van der Waals surface area (Å²) >= 11 is 0. The Hall–Kier alpha value is -4.72. The van der Waals surface area contributed by atoms with E-state index in [1.54, 1.807) is 31.6 Å². The van der Waals surface area contributed by atoms with Gasteiger partial charge in [-0.1, -0.05) is 12.1 Å². The van der Waals surface area contributed by atoms with Crippen LogP contribution in [0.4, 0.5) is 11.6 Å². The van der Waals surface area contributed by atoms with Gasteiger partial charge in [-0.15, -0.1) is 0 Å². The van der Waals surface area contributed by atoms with Crippen LogP contribution in [0.5, 0.6) is 11.5 Å².